The van der Waals surface area contributed by atoms with Crippen molar-refractivity contribution in [2.75, 3.05) is 0 Å². The van der Waals surface area contributed by atoms with Gasteiger partial charge in [0.15, 0.2) is 5.65 Å². The molecule has 4 nitrogen and oxygen atoms in total. The number of rotatable bonds is 1. The Bertz CT molecular complexity index is 580. The van der Waals surface area contributed by atoms with Gasteiger partial charge in [-0.1, -0.05) is 18.3 Å². The normalized spacial score (nSPS) is 17.2. The highest BCUT2D eigenvalue weighted by Gasteiger charge is 2.21. The van der Waals surface area contributed by atoms with Gasteiger partial charge in [-0.2, -0.15) is 0 Å². The number of hydrogen-bond donors (Lipinski definition) is 1. The van der Waals surface area contributed by atoms with Gasteiger partial charge in [-0.15, -0.1) is 0 Å². The molecule has 1 aliphatic rings. The lowest BCUT2D eigenvalue weighted by Gasteiger charge is -2.10. The number of H-pyrrole nitrogens is 1. The van der Waals surface area contributed by atoms with E-state index in [1.54, 1.807) is 16.8 Å². The minimum atomic E-state index is -0.0694. The van der Waals surface area contributed by atoms with Crippen molar-refractivity contribution in [1.82, 2.24) is 14.5 Å². The lowest BCUT2D eigenvalue weighted by Crippen LogP contribution is -2.20. The zero-order valence-corrected chi connectivity index (χ0v) is 8.94. The molecule has 1 fully saturated rings. The average molecular weight is 213 g/mol. The van der Waals surface area contributed by atoms with E-state index >= 15 is 0 Å². The van der Waals surface area contributed by atoms with Gasteiger partial charge in [0.25, 0.3) is 0 Å². The van der Waals surface area contributed by atoms with Crippen LogP contribution in [0.2, 0.25) is 0 Å². The maximum Gasteiger partial charge on any atom is 0.327 e. The lowest BCUT2D eigenvalue weighted by molar-refractivity contribution is 0.515. The van der Waals surface area contributed by atoms with Crippen LogP contribution in [0, 0.1) is 0 Å². The lowest BCUT2D eigenvalue weighted by atomic mass is 9.99. The summed E-state index contributed by atoms with van der Waals surface area (Å²) in [5.74, 6) is 0. The number of fused-ring (bicyclic) bond motifs is 1. The van der Waals surface area contributed by atoms with Gasteiger partial charge in [0.05, 0.1) is 5.52 Å². The van der Waals surface area contributed by atoms with Crippen molar-refractivity contribution in [3.8, 4) is 0 Å². The molecule has 0 spiro atoms. The highest BCUT2D eigenvalue weighted by Crippen LogP contribution is 2.29. The van der Waals surface area contributed by atoms with Crippen molar-refractivity contribution in [1.29, 1.82) is 0 Å². The molecule has 2 aromatic heterocycles. The number of imidazole rings is 1. The van der Waals surface area contributed by atoms with Crippen LogP contribution in [0.15, 0.2) is 17.1 Å². The Kier molecular flexibility index (Phi) is 2.12. The molecule has 80 valence electrons. The number of nitrogens with zero attached hydrogens (tertiary/aromatic N) is 2. The van der Waals surface area contributed by atoms with E-state index in [2.05, 4.69) is 9.97 Å². The first-order chi connectivity index (χ1) is 7.75. The summed E-state index contributed by atoms with van der Waals surface area (Å²) in [4.78, 5) is 18.9. The van der Waals surface area contributed by atoms with Crippen molar-refractivity contribution in [3.05, 3.63) is 22.7 Å². The van der Waals surface area contributed by atoms with E-state index in [1.807, 2.05) is 0 Å². The van der Waals surface area contributed by atoms with Gasteiger partial charge in [-0.3, -0.25) is 4.57 Å². The van der Waals surface area contributed by atoms with E-state index in [0.29, 0.717) is 11.5 Å². The predicted molar refractivity (Wildman–Crippen MR) is 63.2 cm³/mol. The van der Waals surface area contributed by atoms with Gasteiger partial charge in [-0.25, -0.2) is 9.78 Å². The zero-order valence-electron chi connectivity index (χ0n) is 8.94. The maximum atomic E-state index is 11.9. The molecule has 5 heteroatoms. The zero-order chi connectivity index (χ0) is 11.1. The van der Waals surface area contributed by atoms with Gasteiger partial charge in [-0.05, 0) is 18.9 Å². The monoisotopic (exact) mass is 213 g/mol. The smallest absolute Gasteiger partial charge is 0.304 e. The summed E-state index contributed by atoms with van der Waals surface area (Å²) in [6.45, 7) is 0. The van der Waals surface area contributed by atoms with E-state index in [0.717, 1.165) is 24.0 Å². The predicted octanol–water partition coefficient (Wildman–Crippen LogP) is 0.633. The molecular weight excluding hydrogens is 201 g/mol. The SMILES string of the molecule is [B]c1cnc2c(c1)[nH]c(=O)n2C1CCCC1. The first-order valence-electron chi connectivity index (χ1n) is 5.61. The van der Waals surface area contributed by atoms with Crippen molar-refractivity contribution >= 4 is 24.5 Å². The van der Waals surface area contributed by atoms with Crippen LogP contribution in [0.1, 0.15) is 31.7 Å². The second-order valence-corrected chi connectivity index (χ2v) is 4.38. The Morgan fingerprint density at radius 2 is 2.19 bits per heavy atom. The molecule has 0 unspecified atom stereocenters. The molecule has 2 aromatic rings. The minimum absolute atomic E-state index is 0.0694. The van der Waals surface area contributed by atoms with Crippen LogP contribution in [0.25, 0.3) is 11.2 Å². The summed E-state index contributed by atoms with van der Waals surface area (Å²) >= 11 is 0. The second kappa shape index (κ2) is 3.51. The Hall–Kier alpha value is -1.52. The Morgan fingerprint density at radius 1 is 1.44 bits per heavy atom. The molecule has 3 rings (SSSR count). The second-order valence-electron chi connectivity index (χ2n) is 4.38. The fourth-order valence-electron chi connectivity index (χ4n) is 2.53. The molecule has 0 aliphatic heterocycles. The third-order valence-electron chi connectivity index (χ3n) is 3.27. The number of aromatic amines is 1. The number of aromatic nitrogens is 3. The van der Waals surface area contributed by atoms with Gasteiger partial charge < -0.3 is 4.98 Å². The minimum Gasteiger partial charge on any atom is -0.304 e. The molecular formula is C11H12BN3O. The summed E-state index contributed by atoms with van der Waals surface area (Å²) in [6, 6.07) is 2.06. The van der Waals surface area contributed by atoms with Crippen LogP contribution in [-0.4, -0.2) is 22.4 Å². The summed E-state index contributed by atoms with van der Waals surface area (Å²) in [5, 5.41) is 0. The maximum absolute atomic E-state index is 11.9. The topological polar surface area (TPSA) is 50.7 Å². The first kappa shape index (κ1) is 9.69. The third-order valence-corrected chi connectivity index (χ3v) is 3.27. The Balaban J connectivity index is 2.23. The van der Waals surface area contributed by atoms with Crippen LogP contribution in [0.5, 0.6) is 0 Å². The highest BCUT2D eigenvalue weighted by molar-refractivity contribution is 6.32. The third kappa shape index (κ3) is 1.38. The van der Waals surface area contributed by atoms with Gasteiger partial charge in [0.2, 0.25) is 0 Å². The largest absolute Gasteiger partial charge is 0.327 e. The van der Waals surface area contributed by atoms with E-state index in [9.17, 15) is 4.79 Å². The fraction of sp³-hybridized carbons (Fsp3) is 0.455. The summed E-state index contributed by atoms with van der Waals surface area (Å²) in [6.07, 6.45) is 6.12. The van der Waals surface area contributed by atoms with Crippen molar-refractivity contribution < 1.29 is 0 Å². The van der Waals surface area contributed by atoms with Crippen LogP contribution in [0.4, 0.5) is 0 Å². The van der Waals surface area contributed by atoms with E-state index in [4.69, 9.17) is 7.85 Å². The summed E-state index contributed by atoms with van der Waals surface area (Å²) < 4.78 is 1.78. The van der Waals surface area contributed by atoms with Crippen molar-refractivity contribution in [2.45, 2.75) is 31.7 Å². The quantitative estimate of drug-likeness (QED) is 0.706. The highest BCUT2D eigenvalue weighted by atomic mass is 16.1. The number of nitrogens with one attached hydrogen (secondary N) is 1. The van der Waals surface area contributed by atoms with Gasteiger partial charge in [0, 0.05) is 12.2 Å². The van der Waals surface area contributed by atoms with Crippen LogP contribution in [0.3, 0.4) is 0 Å². The fourth-order valence-corrected chi connectivity index (χ4v) is 2.53. The molecule has 16 heavy (non-hydrogen) atoms. The molecule has 0 amide bonds. The molecule has 1 N–H and O–H groups in total. The van der Waals surface area contributed by atoms with Crippen LogP contribution < -0.4 is 11.2 Å². The van der Waals surface area contributed by atoms with E-state index in [1.165, 1.54) is 12.8 Å². The van der Waals surface area contributed by atoms with Crippen LogP contribution in [-0.2, 0) is 0 Å². The van der Waals surface area contributed by atoms with E-state index < -0.39 is 0 Å². The first-order valence-corrected chi connectivity index (χ1v) is 5.61. The van der Waals surface area contributed by atoms with E-state index in [-0.39, 0.29) is 5.69 Å². The molecule has 0 atom stereocenters. The number of hydrogen-bond acceptors (Lipinski definition) is 2. The Morgan fingerprint density at radius 3 is 2.94 bits per heavy atom. The number of pyridine rings is 1. The van der Waals surface area contributed by atoms with Crippen molar-refractivity contribution in [2.24, 2.45) is 0 Å². The molecule has 0 aromatic carbocycles. The molecule has 0 saturated heterocycles. The van der Waals surface area contributed by atoms with Gasteiger partial charge in [0.1, 0.15) is 7.85 Å². The van der Waals surface area contributed by atoms with Gasteiger partial charge >= 0.3 is 5.69 Å². The summed E-state index contributed by atoms with van der Waals surface area (Å²) in [5.41, 5.74) is 1.97. The molecule has 1 aliphatic carbocycles. The van der Waals surface area contributed by atoms with Crippen molar-refractivity contribution in [3.63, 3.8) is 0 Å². The molecule has 1 saturated carbocycles. The molecule has 2 heterocycles. The molecule has 2 radical (unpaired) electrons. The molecule has 0 bridgehead atoms. The van der Waals surface area contributed by atoms with Crippen LogP contribution >= 0.6 is 0 Å². The standard InChI is InChI=1S/C11H12BN3O/c12-7-5-9-10(13-6-7)15(11(16)14-9)8-3-1-2-4-8/h5-6,8H,1-4H2,(H,14,16). The Labute approximate surface area is 94.1 Å². The average Bonchev–Trinajstić information content (AvgIpc) is 2.83. The summed E-state index contributed by atoms with van der Waals surface area (Å²) in [7, 11) is 5.64.